The lowest BCUT2D eigenvalue weighted by molar-refractivity contribution is -0.116. The molecular formula is C13H17N3O2. The Hall–Kier alpha value is -2.04. The van der Waals surface area contributed by atoms with Crippen molar-refractivity contribution >= 4 is 22.6 Å². The number of carbonyl (C=O) groups excluding carboxylic acids is 1. The van der Waals surface area contributed by atoms with Crippen LogP contribution < -0.4 is 11.0 Å². The predicted molar refractivity (Wildman–Crippen MR) is 71.7 cm³/mol. The number of unbranched alkanes of at least 4 members (excludes halogenated alkanes) is 1. The number of H-pyrrole nitrogens is 1. The topological polar surface area (TPSA) is 66.9 Å². The largest absolute Gasteiger partial charge is 0.326 e. The predicted octanol–water partition coefficient (Wildman–Crippen LogP) is 2.00. The van der Waals surface area contributed by atoms with Crippen molar-refractivity contribution < 1.29 is 4.79 Å². The van der Waals surface area contributed by atoms with Crippen LogP contribution in [0, 0.1) is 0 Å². The molecule has 0 aliphatic heterocycles. The minimum Gasteiger partial charge on any atom is -0.326 e. The number of nitrogens with zero attached hydrogens (tertiary/aromatic N) is 1. The number of amides is 1. The van der Waals surface area contributed by atoms with E-state index >= 15 is 0 Å². The molecule has 1 aromatic heterocycles. The number of benzene rings is 1. The lowest BCUT2D eigenvalue weighted by Crippen LogP contribution is -2.11. The molecule has 2 N–H and O–H groups in total. The van der Waals surface area contributed by atoms with Crippen molar-refractivity contribution in [2.24, 2.45) is 7.05 Å². The average molecular weight is 247 g/mol. The third-order valence-corrected chi connectivity index (χ3v) is 2.95. The van der Waals surface area contributed by atoms with E-state index in [1.54, 1.807) is 19.2 Å². The van der Waals surface area contributed by atoms with E-state index in [9.17, 15) is 9.59 Å². The number of nitrogens with one attached hydrogen (secondary N) is 2. The molecule has 1 amide bonds. The van der Waals surface area contributed by atoms with Gasteiger partial charge < -0.3 is 10.3 Å². The Morgan fingerprint density at radius 1 is 1.44 bits per heavy atom. The van der Waals surface area contributed by atoms with Crippen LogP contribution in [0.2, 0.25) is 0 Å². The quantitative estimate of drug-likeness (QED) is 0.867. The summed E-state index contributed by atoms with van der Waals surface area (Å²) < 4.78 is 1.54. The summed E-state index contributed by atoms with van der Waals surface area (Å²) in [6.45, 7) is 2.05. The molecule has 1 heterocycles. The van der Waals surface area contributed by atoms with Crippen molar-refractivity contribution in [3.8, 4) is 0 Å². The van der Waals surface area contributed by atoms with E-state index in [1.807, 2.05) is 13.0 Å². The normalized spacial score (nSPS) is 10.8. The summed E-state index contributed by atoms with van der Waals surface area (Å²) in [5, 5.41) is 2.83. The zero-order valence-electron chi connectivity index (χ0n) is 10.6. The summed E-state index contributed by atoms with van der Waals surface area (Å²) >= 11 is 0. The molecular weight excluding hydrogens is 230 g/mol. The summed E-state index contributed by atoms with van der Waals surface area (Å²) in [4.78, 5) is 25.8. The van der Waals surface area contributed by atoms with Crippen LogP contribution in [-0.4, -0.2) is 15.5 Å². The van der Waals surface area contributed by atoms with Crippen LogP contribution in [0.3, 0.4) is 0 Å². The van der Waals surface area contributed by atoms with Crippen molar-refractivity contribution in [1.29, 1.82) is 0 Å². The van der Waals surface area contributed by atoms with Crippen LogP contribution in [0.25, 0.3) is 11.0 Å². The third kappa shape index (κ3) is 2.45. The molecule has 96 valence electrons. The molecule has 0 radical (unpaired) electrons. The van der Waals surface area contributed by atoms with Crippen molar-refractivity contribution in [3.05, 3.63) is 28.7 Å². The number of hydrogen-bond acceptors (Lipinski definition) is 2. The molecule has 0 saturated heterocycles. The van der Waals surface area contributed by atoms with Crippen molar-refractivity contribution in [3.63, 3.8) is 0 Å². The van der Waals surface area contributed by atoms with Crippen molar-refractivity contribution in [2.75, 3.05) is 5.32 Å². The summed E-state index contributed by atoms with van der Waals surface area (Å²) in [6.07, 6.45) is 2.41. The maximum atomic E-state index is 11.6. The Labute approximate surface area is 105 Å². The van der Waals surface area contributed by atoms with Gasteiger partial charge in [0.05, 0.1) is 11.0 Å². The molecule has 18 heavy (non-hydrogen) atoms. The van der Waals surface area contributed by atoms with Gasteiger partial charge in [-0.25, -0.2) is 4.79 Å². The van der Waals surface area contributed by atoms with Gasteiger partial charge in [-0.3, -0.25) is 9.36 Å². The number of rotatable bonds is 4. The minimum atomic E-state index is -0.153. The number of hydrogen-bond donors (Lipinski definition) is 2. The summed E-state index contributed by atoms with van der Waals surface area (Å²) in [5.74, 6) is 0.00878. The first-order valence-corrected chi connectivity index (χ1v) is 6.10. The number of aromatic nitrogens is 2. The van der Waals surface area contributed by atoms with E-state index in [4.69, 9.17) is 0 Å². The van der Waals surface area contributed by atoms with Gasteiger partial charge in [-0.15, -0.1) is 0 Å². The second kappa shape index (κ2) is 5.08. The van der Waals surface area contributed by atoms with E-state index in [-0.39, 0.29) is 11.6 Å². The highest BCUT2D eigenvalue weighted by atomic mass is 16.2. The Kier molecular flexibility index (Phi) is 3.50. The van der Waals surface area contributed by atoms with Gasteiger partial charge in [0.25, 0.3) is 0 Å². The molecule has 2 rings (SSSR count). The monoisotopic (exact) mass is 247 g/mol. The lowest BCUT2D eigenvalue weighted by Gasteiger charge is -2.04. The van der Waals surface area contributed by atoms with Gasteiger partial charge in [0.15, 0.2) is 0 Å². The van der Waals surface area contributed by atoms with Crippen LogP contribution in [0.5, 0.6) is 0 Å². The Bertz CT molecular complexity index is 625. The Balaban J connectivity index is 2.20. The Morgan fingerprint density at radius 2 is 2.22 bits per heavy atom. The number of aromatic amines is 1. The van der Waals surface area contributed by atoms with Gasteiger partial charge in [0.1, 0.15) is 0 Å². The summed E-state index contributed by atoms with van der Waals surface area (Å²) in [7, 11) is 1.71. The fourth-order valence-corrected chi connectivity index (χ4v) is 1.88. The van der Waals surface area contributed by atoms with Crippen LogP contribution in [0.1, 0.15) is 26.2 Å². The van der Waals surface area contributed by atoms with Crippen LogP contribution in [-0.2, 0) is 11.8 Å². The average Bonchev–Trinajstić information content (AvgIpc) is 2.62. The molecule has 5 nitrogen and oxygen atoms in total. The maximum absolute atomic E-state index is 11.6. The van der Waals surface area contributed by atoms with Gasteiger partial charge in [-0.1, -0.05) is 13.3 Å². The first kappa shape index (κ1) is 12.4. The van der Waals surface area contributed by atoms with Gasteiger partial charge >= 0.3 is 5.69 Å². The highest BCUT2D eigenvalue weighted by Gasteiger charge is 2.06. The second-order valence-electron chi connectivity index (χ2n) is 4.37. The molecule has 0 bridgehead atoms. The highest BCUT2D eigenvalue weighted by molar-refractivity contribution is 5.93. The number of anilines is 1. The van der Waals surface area contributed by atoms with Gasteiger partial charge in [0.2, 0.25) is 5.91 Å². The first-order chi connectivity index (χ1) is 8.61. The van der Waals surface area contributed by atoms with E-state index in [2.05, 4.69) is 10.3 Å². The molecule has 0 saturated carbocycles. The molecule has 5 heteroatoms. The Morgan fingerprint density at radius 3 is 2.94 bits per heavy atom. The number of aryl methyl sites for hydroxylation is 1. The first-order valence-electron chi connectivity index (χ1n) is 6.10. The molecule has 0 aliphatic rings. The van der Waals surface area contributed by atoms with E-state index in [0.29, 0.717) is 12.1 Å². The molecule has 0 unspecified atom stereocenters. The minimum absolute atomic E-state index is 0.00878. The van der Waals surface area contributed by atoms with Crippen LogP contribution in [0.15, 0.2) is 23.0 Å². The molecule has 2 aromatic rings. The van der Waals surface area contributed by atoms with Gasteiger partial charge in [0, 0.05) is 19.2 Å². The number of carbonyl (C=O) groups is 1. The number of imidazole rings is 1. The zero-order valence-corrected chi connectivity index (χ0v) is 10.6. The fourth-order valence-electron chi connectivity index (χ4n) is 1.88. The number of fused-ring (bicyclic) bond motifs is 1. The van der Waals surface area contributed by atoms with Crippen molar-refractivity contribution in [2.45, 2.75) is 26.2 Å². The third-order valence-electron chi connectivity index (χ3n) is 2.95. The molecule has 0 fully saturated rings. The summed E-state index contributed by atoms with van der Waals surface area (Å²) in [6, 6.07) is 5.41. The van der Waals surface area contributed by atoms with Crippen LogP contribution in [0.4, 0.5) is 5.69 Å². The standard InChI is InChI=1S/C13H17N3O2/c1-3-4-5-12(17)14-9-6-7-11-10(8-9)15-13(18)16(11)2/h6-8H,3-5H2,1-2H3,(H,14,17)(H,15,18). The van der Waals surface area contributed by atoms with Gasteiger partial charge in [-0.2, -0.15) is 0 Å². The van der Waals surface area contributed by atoms with E-state index in [1.165, 1.54) is 4.57 Å². The highest BCUT2D eigenvalue weighted by Crippen LogP contribution is 2.16. The van der Waals surface area contributed by atoms with E-state index in [0.717, 1.165) is 23.9 Å². The van der Waals surface area contributed by atoms with Gasteiger partial charge in [-0.05, 0) is 24.6 Å². The smallest absolute Gasteiger partial charge is 0.326 e. The lowest BCUT2D eigenvalue weighted by atomic mass is 10.2. The SMILES string of the molecule is CCCCC(=O)Nc1ccc2c(c1)[nH]c(=O)n2C. The van der Waals surface area contributed by atoms with Crippen LogP contribution >= 0.6 is 0 Å². The maximum Gasteiger partial charge on any atom is 0.326 e. The van der Waals surface area contributed by atoms with E-state index < -0.39 is 0 Å². The summed E-state index contributed by atoms with van der Waals surface area (Å²) in [5.41, 5.74) is 2.12. The molecule has 0 aliphatic carbocycles. The zero-order chi connectivity index (χ0) is 13.1. The fraction of sp³-hybridized carbons (Fsp3) is 0.385. The van der Waals surface area contributed by atoms with Crippen molar-refractivity contribution in [1.82, 2.24) is 9.55 Å². The second-order valence-corrected chi connectivity index (χ2v) is 4.37. The molecule has 0 spiro atoms. The molecule has 1 aromatic carbocycles. The molecule has 0 atom stereocenters.